The molecule has 1 N–H and O–H groups in total. The molecule has 2 heterocycles. The monoisotopic (exact) mass is 449 g/mol. The van der Waals surface area contributed by atoms with Crippen molar-refractivity contribution < 1.29 is 14.7 Å². The van der Waals surface area contributed by atoms with Gasteiger partial charge in [0.05, 0.1) is 11.6 Å². The first kappa shape index (κ1) is 23.5. The van der Waals surface area contributed by atoms with Crippen molar-refractivity contribution in [1.29, 1.82) is 0 Å². The van der Waals surface area contributed by atoms with Crippen LogP contribution in [0.15, 0.2) is 66.1 Å². The number of ketones is 1. The third-order valence-corrected chi connectivity index (χ3v) is 6.91. The Bertz CT molecular complexity index is 972. The number of amides is 1. The molecule has 0 radical (unpaired) electrons. The molecular weight excluding hydrogens is 414 g/mol. The van der Waals surface area contributed by atoms with Crippen molar-refractivity contribution in [2.75, 3.05) is 37.6 Å². The minimum absolute atomic E-state index is 0.0287. The zero-order chi connectivity index (χ0) is 23.6. The summed E-state index contributed by atoms with van der Waals surface area (Å²) in [6.07, 6.45) is 6.33. The normalized spacial score (nSPS) is 25.0. The van der Waals surface area contributed by atoms with E-state index in [0.29, 0.717) is 24.8 Å². The zero-order valence-corrected chi connectivity index (χ0v) is 19.8. The van der Waals surface area contributed by atoms with Crippen LogP contribution in [0.4, 0.5) is 5.69 Å². The first-order valence-electron chi connectivity index (χ1n) is 11.9. The Morgan fingerprint density at radius 3 is 2.45 bits per heavy atom. The molecule has 1 atom stereocenters. The molecule has 1 aromatic rings. The Balaban J connectivity index is 1.25. The number of nitrogens with zero attached hydrogens (tertiary/aromatic N) is 3. The predicted molar refractivity (Wildman–Crippen MR) is 131 cm³/mol. The van der Waals surface area contributed by atoms with E-state index in [-0.39, 0.29) is 28.9 Å². The molecule has 0 bridgehead atoms. The van der Waals surface area contributed by atoms with Crippen molar-refractivity contribution in [3.8, 4) is 0 Å². The van der Waals surface area contributed by atoms with Gasteiger partial charge in [0.15, 0.2) is 5.78 Å². The molecule has 4 rings (SSSR count). The fraction of sp³-hybridized carbons (Fsp3) is 0.481. The SMILES string of the molecule is C=C1C[C@H](N2CCN(CC/C=C/C3=C(O)CC(C)(C)CC3=O)CC2)C(=O)N1c1ccccc1. The summed E-state index contributed by atoms with van der Waals surface area (Å²) in [5, 5.41) is 10.2. The zero-order valence-electron chi connectivity index (χ0n) is 19.8. The van der Waals surface area contributed by atoms with E-state index in [1.54, 1.807) is 11.0 Å². The standard InChI is InChI=1S/C27H35N3O3/c1-20-17-23(26(33)30(20)21-9-5-4-6-10-21)29-15-13-28(14-16-29)12-8-7-11-22-24(31)18-27(2,3)19-25(22)32/h4-7,9-11,23,31H,1,8,12-19H2,2-3H3/b11-7+/t23-/m0/s1. The lowest BCUT2D eigenvalue weighted by Gasteiger charge is -2.37. The Morgan fingerprint density at radius 1 is 1.09 bits per heavy atom. The number of aliphatic hydroxyl groups is 1. The second-order valence-corrected chi connectivity index (χ2v) is 10.2. The average molecular weight is 450 g/mol. The van der Waals surface area contributed by atoms with Crippen LogP contribution in [0.25, 0.3) is 0 Å². The van der Waals surface area contributed by atoms with Gasteiger partial charge in [-0.15, -0.1) is 0 Å². The maximum absolute atomic E-state index is 13.1. The number of piperazine rings is 1. The van der Waals surface area contributed by atoms with Gasteiger partial charge in [0.2, 0.25) is 5.91 Å². The maximum atomic E-state index is 13.1. The lowest BCUT2D eigenvalue weighted by molar-refractivity contribution is -0.122. The van der Waals surface area contributed by atoms with Gasteiger partial charge >= 0.3 is 0 Å². The van der Waals surface area contributed by atoms with Crippen LogP contribution >= 0.6 is 0 Å². The van der Waals surface area contributed by atoms with E-state index in [4.69, 9.17) is 0 Å². The van der Waals surface area contributed by atoms with Crippen LogP contribution in [0.5, 0.6) is 0 Å². The van der Waals surface area contributed by atoms with E-state index in [2.05, 4.69) is 16.4 Å². The molecule has 2 aliphatic heterocycles. The molecule has 0 aromatic heterocycles. The molecule has 2 fully saturated rings. The summed E-state index contributed by atoms with van der Waals surface area (Å²) in [4.78, 5) is 31.9. The van der Waals surface area contributed by atoms with E-state index < -0.39 is 0 Å². The summed E-state index contributed by atoms with van der Waals surface area (Å²) in [6.45, 7) is 12.6. The van der Waals surface area contributed by atoms with Crippen molar-refractivity contribution >= 4 is 17.4 Å². The van der Waals surface area contributed by atoms with Crippen LogP contribution in [0.2, 0.25) is 0 Å². The molecule has 1 aromatic carbocycles. The van der Waals surface area contributed by atoms with E-state index >= 15 is 0 Å². The van der Waals surface area contributed by atoms with Gasteiger partial charge in [-0.2, -0.15) is 0 Å². The highest BCUT2D eigenvalue weighted by Gasteiger charge is 2.40. The minimum atomic E-state index is -0.163. The van der Waals surface area contributed by atoms with Crippen molar-refractivity contribution in [3.05, 3.63) is 66.1 Å². The number of hydrogen-bond acceptors (Lipinski definition) is 5. The third kappa shape index (κ3) is 5.28. The number of anilines is 1. The highest BCUT2D eigenvalue weighted by atomic mass is 16.3. The molecule has 3 aliphatic rings. The van der Waals surface area contributed by atoms with Crippen LogP contribution < -0.4 is 4.90 Å². The number of benzene rings is 1. The van der Waals surface area contributed by atoms with Crippen molar-refractivity contribution in [2.24, 2.45) is 5.41 Å². The van der Waals surface area contributed by atoms with Crippen LogP contribution in [0.3, 0.4) is 0 Å². The highest BCUT2D eigenvalue weighted by molar-refractivity contribution is 6.03. The number of carbonyl (C=O) groups is 2. The number of Topliss-reactive ketones (excluding diaryl/α,β-unsaturated/α-hetero) is 1. The first-order valence-corrected chi connectivity index (χ1v) is 11.9. The van der Waals surface area contributed by atoms with Crippen molar-refractivity contribution in [3.63, 3.8) is 0 Å². The quantitative estimate of drug-likeness (QED) is 0.709. The molecule has 2 saturated heterocycles. The molecule has 6 nitrogen and oxygen atoms in total. The van der Waals surface area contributed by atoms with Crippen LogP contribution in [-0.4, -0.2) is 65.4 Å². The van der Waals surface area contributed by atoms with E-state index in [9.17, 15) is 14.7 Å². The second kappa shape index (κ2) is 9.65. The Kier molecular flexibility index (Phi) is 6.86. The largest absolute Gasteiger partial charge is 0.512 e. The number of allylic oxidation sites excluding steroid dienone is 3. The van der Waals surface area contributed by atoms with Gasteiger partial charge in [-0.1, -0.05) is 50.8 Å². The van der Waals surface area contributed by atoms with Gasteiger partial charge < -0.3 is 10.0 Å². The van der Waals surface area contributed by atoms with Gasteiger partial charge in [0, 0.05) is 63.4 Å². The van der Waals surface area contributed by atoms with Gasteiger partial charge in [0.25, 0.3) is 0 Å². The summed E-state index contributed by atoms with van der Waals surface area (Å²) in [7, 11) is 0. The van der Waals surface area contributed by atoms with Gasteiger partial charge in [-0.25, -0.2) is 0 Å². The second-order valence-electron chi connectivity index (χ2n) is 10.2. The summed E-state index contributed by atoms with van der Waals surface area (Å²) in [5.74, 6) is 0.366. The number of para-hydroxylation sites is 1. The summed E-state index contributed by atoms with van der Waals surface area (Å²) < 4.78 is 0. The molecule has 0 saturated carbocycles. The summed E-state index contributed by atoms with van der Waals surface area (Å²) >= 11 is 0. The average Bonchev–Trinajstić information content (AvgIpc) is 3.07. The first-order chi connectivity index (χ1) is 15.7. The number of rotatable bonds is 6. The van der Waals surface area contributed by atoms with Crippen LogP contribution in [-0.2, 0) is 9.59 Å². The molecule has 176 valence electrons. The summed E-state index contributed by atoms with van der Waals surface area (Å²) in [6, 6.07) is 9.62. The maximum Gasteiger partial charge on any atom is 0.249 e. The Hall–Kier alpha value is -2.70. The van der Waals surface area contributed by atoms with Crippen LogP contribution in [0.1, 0.15) is 39.5 Å². The molecular formula is C27H35N3O3. The Labute approximate surface area is 196 Å². The van der Waals surface area contributed by atoms with Gasteiger partial charge in [-0.05, 0) is 24.0 Å². The Morgan fingerprint density at radius 2 is 1.79 bits per heavy atom. The lowest BCUT2D eigenvalue weighted by Crippen LogP contribution is -2.52. The van der Waals surface area contributed by atoms with E-state index in [0.717, 1.165) is 50.5 Å². The van der Waals surface area contributed by atoms with Crippen molar-refractivity contribution in [2.45, 2.75) is 45.6 Å². The fourth-order valence-electron chi connectivity index (χ4n) is 5.13. The molecule has 1 amide bonds. The highest BCUT2D eigenvalue weighted by Crippen LogP contribution is 2.36. The van der Waals surface area contributed by atoms with Crippen LogP contribution in [0, 0.1) is 5.41 Å². The predicted octanol–water partition coefficient (Wildman–Crippen LogP) is 4.07. The summed E-state index contributed by atoms with van der Waals surface area (Å²) in [5.41, 5.74) is 2.06. The molecule has 0 unspecified atom stereocenters. The minimum Gasteiger partial charge on any atom is -0.512 e. The number of hydrogen-bond donors (Lipinski definition) is 1. The lowest BCUT2D eigenvalue weighted by atomic mass is 9.76. The molecule has 6 heteroatoms. The molecule has 1 aliphatic carbocycles. The topological polar surface area (TPSA) is 64.1 Å². The smallest absolute Gasteiger partial charge is 0.249 e. The number of carbonyl (C=O) groups excluding carboxylic acids is 2. The van der Waals surface area contributed by atoms with E-state index in [1.807, 2.05) is 50.3 Å². The van der Waals surface area contributed by atoms with E-state index in [1.165, 1.54) is 0 Å². The van der Waals surface area contributed by atoms with Crippen molar-refractivity contribution in [1.82, 2.24) is 9.80 Å². The molecule has 0 spiro atoms. The number of aliphatic hydroxyl groups excluding tert-OH is 1. The molecule has 33 heavy (non-hydrogen) atoms. The van der Waals surface area contributed by atoms with Gasteiger partial charge in [0.1, 0.15) is 5.76 Å². The third-order valence-electron chi connectivity index (χ3n) is 6.91. The van der Waals surface area contributed by atoms with Gasteiger partial charge in [-0.3, -0.25) is 19.4 Å². The fourth-order valence-corrected chi connectivity index (χ4v) is 5.13.